The normalized spacial score (nSPS) is 17.7. The van der Waals surface area contributed by atoms with Crippen molar-refractivity contribution in [2.24, 2.45) is 11.8 Å². The van der Waals surface area contributed by atoms with Crippen LogP contribution in [0.1, 0.15) is 47.0 Å². The Morgan fingerprint density at radius 2 is 1.68 bits per heavy atom. The first-order valence-corrected chi connectivity index (χ1v) is 12.3. The minimum absolute atomic E-state index is 0.00163. The second kappa shape index (κ2) is 10.9. The van der Waals surface area contributed by atoms with E-state index in [1.807, 2.05) is 27.7 Å². The Bertz CT molecular complexity index is 846. The highest BCUT2D eigenvalue weighted by atomic mass is 32.2. The van der Waals surface area contributed by atoms with Crippen LogP contribution in [0, 0.1) is 11.8 Å². The van der Waals surface area contributed by atoms with Crippen molar-refractivity contribution in [1.29, 1.82) is 0 Å². The molecule has 0 spiro atoms. The van der Waals surface area contributed by atoms with Crippen molar-refractivity contribution in [3.8, 4) is 5.75 Å². The summed E-state index contributed by atoms with van der Waals surface area (Å²) < 4.78 is 32.3. The van der Waals surface area contributed by atoms with Gasteiger partial charge in [0.2, 0.25) is 21.8 Å². The van der Waals surface area contributed by atoms with Crippen LogP contribution in [-0.4, -0.2) is 56.8 Å². The Morgan fingerprint density at radius 3 is 2.16 bits per heavy atom. The zero-order valence-electron chi connectivity index (χ0n) is 19.1. The quantitative estimate of drug-likeness (QED) is 0.596. The fourth-order valence-electron chi connectivity index (χ4n) is 3.60. The largest absolute Gasteiger partial charge is 0.497 e. The molecular weight excluding hydrogens is 418 g/mol. The van der Waals surface area contributed by atoms with Crippen LogP contribution in [0.5, 0.6) is 5.75 Å². The molecule has 2 amide bonds. The predicted molar refractivity (Wildman–Crippen MR) is 119 cm³/mol. The van der Waals surface area contributed by atoms with Crippen molar-refractivity contribution in [3.05, 3.63) is 24.3 Å². The second-order valence-electron chi connectivity index (χ2n) is 8.39. The number of nitrogens with one attached hydrogen (secondary N) is 2. The summed E-state index contributed by atoms with van der Waals surface area (Å²) in [5.74, 6) is -0.103. The monoisotopic (exact) mass is 453 g/mol. The van der Waals surface area contributed by atoms with Gasteiger partial charge in [0.1, 0.15) is 11.8 Å². The zero-order chi connectivity index (χ0) is 23.2. The first-order valence-electron chi connectivity index (χ1n) is 10.8. The molecule has 2 N–H and O–H groups in total. The molecule has 31 heavy (non-hydrogen) atoms. The molecule has 8 nitrogen and oxygen atoms in total. The molecule has 0 radical (unpaired) electrons. The van der Waals surface area contributed by atoms with Crippen LogP contribution in [0.25, 0.3) is 0 Å². The van der Waals surface area contributed by atoms with E-state index in [0.29, 0.717) is 18.6 Å². The Morgan fingerprint density at radius 1 is 1.10 bits per heavy atom. The van der Waals surface area contributed by atoms with Crippen molar-refractivity contribution >= 4 is 21.8 Å². The molecule has 2 rings (SSSR count). The third kappa shape index (κ3) is 6.43. The van der Waals surface area contributed by atoms with E-state index < -0.39 is 16.1 Å². The van der Waals surface area contributed by atoms with Gasteiger partial charge in [0, 0.05) is 25.0 Å². The molecule has 0 bridgehead atoms. The van der Waals surface area contributed by atoms with Crippen molar-refractivity contribution in [2.45, 2.75) is 63.9 Å². The lowest BCUT2D eigenvalue weighted by Gasteiger charge is -2.32. The number of methoxy groups -OCH3 is 1. The fourth-order valence-corrected chi connectivity index (χ4v) is 5.07. The van der Waals surface area contributed by atoms with Crippen LogP contribution >= 0.6 is 0 Å². The number of hydrogen-bond donors (Lipinski definition) is 2. The van der Waals surface area contributed by atoms with E-state index in [4.69, 9.17) is 4.74 Å². The number of carbonyl (C=O) groups is 2. The number of sulfonamides is 1. The molecule has 1 aliphatic heterocycles. The number of nitrogens with zero attached hydrogens (tertiary/aromatic N) is 1. The maximum Gasteiger partial charge on any atom is 0.243 e. The number of ether oxygens (including phenoxy) is 1. The van der Waals surface area contributed by atoms with Crippen LogP contribution < -0.4 is 15.4 Å². The highest BCUT2D eigenvalue weighted by Crippen LogP contribution is 2.25. The molecule has 0 aromatic heterocycles. The minimum atomic E-state index is -3.62. The van der Waals surface area contributed by atoms with Gasteiger partial charge in [-0.25, -0.2) is 8.42 Å². The third-order valence-electron chi connectivity index (χ3n) is 5.75. The van der Waals surface area contributed by atoms with Gasteiger partial charge in [-0.05, 0) is 56.9 Å². The minimum Gasteiger partial charge on any atom is -0.497 e. The van der Waals surface area contributed by atoms with Crippen molar-refractivity contribution in [3.63, 3.8) is 0 Å². The predicted octanol–water partition coefficient (Wildman–Crippen LogP) is 2.15. The lowest BCUT2D eigenvalue weighted by Crippen LogP contribution is -2.54. The Hall–Kier alpha value is -2.13. The average Bonchev–Trinajstić information content (AvgIpc) is 2.76. The van der Waals surface area contributed by atoms with Crippen LogP contribution in [-0.2, 0) is 19.6 Å². The summed E-state index contributed by atoms with van der Waals surface area (Å²) in [6.45, 7) is 8.21. The maximum atomic E-state index is 12.9. The van der Waals surface area contributed by atoms with Gasteiger partial charge in [0.05, 0.1) is 12.0 Å². The molecular formula is C22H35N3O5S. The molecule has 174 valence electrons. The summed E-state index contributed by atoms with van der Waals surface area (Å²) in [4.78, 5) is 25.6. The molecule has 1 aromatic rings. The first kappa shape index (κ1) is 25.1. The van der Waals surface area contributed by atoms with Gasteiger partial charge in [0.25, 0.3) is 0 Å². The number of benzene rings is 1. The van der Waals surface area contributed by atoms with E-state index in [0.717, 1.165) is 6.42 Å². The Balaban J connectivity index is 2.00. The molecule has 1 aromatic carbocycles. The summed E-state index contributed by atoms with van der Waals surface area (Å²) in [6, 6.07) is 5.67. The van der Waals surface area contributed by atoms with Gasteiger partial charge >= 0.3 is 0 Å². The van der Waals surface area contributed by atoms with E-state index in [2.05, 4.69) is 10.6 Å². The SMILES string of the molecule is CC[C@@H](C)[C@H](NC(=O)C1CCN(S(=O)(=O)c2ccc(OC)cc2)CC1)C(=O)NC(C)C. The van der Waals surface area contributed by atoms with Gasteiger partial charge in [-0.2, -0.15) is 4.31 Å². The number of carbonyl (C=O) groups excluding carboxylic acids is 2. The smallest absolute Gasteiger partial charge is 0.243 e. The van der Waals surface area contributed by atoms with E-state index >= 15 is 0 Å². The molecule has 1 heterocycles. The lowest BCUT2D eigenvalue weighted by molar-refractivity contribution is -0.133. The highest BCUT2D eigenvalue weighted by Gasteiger charge is 2.34. The van der Waals surface area contributed by atoms with Crippen LogP contribution in [0.15, 0.2) is 29.2 Å². The van der Waals surface area contributed by atoms with Gasteiger partial charge in [-0.1, -0.05) is 20.3 Å². The number of hydrogen-bond acceptors (Lipinski definition) is 5. The molecule has 2 atom stereocenters. The van der Waals surface area contributed by atoms with Crippen LogP contribution in [0.3, 0.4) is 0 Å². The molecule has 9 heteroatoms. The van der Waals surface area contributed by atoms with Crippen LogP contribution in [0.4, 0.5) is 0 Å². The van der Waals surface area contributed by atoms with Gasteiger partial charge in [-0.15, -0.1) is 0 Å². The Labute approximate surface area is 185 Å². The van der Waals surface area contributed by atoms with E-state index in [9.17, 15) is 18.0 Å². The zero-order valence-corrected chi connectivity index (χ0v) is 19.9. The molecule has 1 fully saturated rings. The maximum absolute atomic E-state index is 12.9. The summed E-state index contributed by atoms with van der Waals surface area (Å²) in [5.41, 5.74) is 0. The van der Waals surface area contributed by atoms with Crippen molar-refractivity contribution in [2.75, 3.05) is 20.2 Å². The summed E-state index contributed by atoms with van der Waals surface area (Å²) in [7, 11) is -2.10. The number of rotatable bonds is 9. The Kier molecular flexibility index (Phi) is 8.88. The van der Waals surface area contributed by atoms with Gasteiger partial charge in [0.15, 0.2) is 0 Å². The second-order valence-corrected chi connectivity index (χ2v) is 10.3. The number of amides is 2. The fraction of sp³-hybridized carbons (Fsp3) is 0.636. The average molecular weight is 454 g/mol. The van der Waals surface area contributed by atoms with Gasteiger partial charge < -0.3 is 15.4 Å². The standard InChI is InChI=1S/C22H35N3O5S/c1-6-16(4)20(22(27)23-15(2)3)24-21(26)17-11-13-25(14-12-17)31(28,29)19-9-7-18(30-5)8-10-19/h7-10,15-17,20H,6,11-14H2,1-5H3,(H,23,27)(H,24,26)/t16-,20+/m1/s1. The van der Waals surface area contributed by atoms with E-state index in [1.54, 1.807) is 12.1 Å². The summed E-state index contributed by atoms with van der Waals surface area (Å²) in [6.07, 6.45) is 1.59. The molecule has 0 aliphatic carbocycles. The summed E-state index contributed by atoms with van der Waals surface area (Å²) in [5, 5.41) is 5.78. The molecule has 1 aliphatic rings. The molecule has 1 saturated heterocycles. The van der Waals surface area contributed by atoms with Crippen LogP contribution in [0.2, 0.25) is 0 Å². The highest BCUT2D eigenvalue weighted by molar-refractivity contribution is 7.89. The lowest BCUT2D eigenvalue weighted by atomic mass is 9.94. The first-order chi connectivity index (χ1) is 14.6. The van der Waals surface area contributed by atoms with Crippen molar-refractivity contribution < 1.29 is 22.7 Å². The van der Waals surface area contributed by atoms with E-state index in [1.165, 1.54) is 23.5 Å². The van der Waals surface area contributed by atoms with Gasteiger partial charge in [-0.3, -0.25) is 9.59 Å². The topological polar surface area (TPSA) is 105 Å². The number of piperidine rings is 1. The molecule has 0 unspecified atom stereocenters. The van der Waals surface area contributed by atoms with Crippen molar-refractivity contribution in [1.82, 2.24) is 14.9 Å². The third-order valence-corrected chi connectivity index (χ3v) is 7.66. The summed E-state index contributed by atoms with van der Waals surface area (Å²) >= 11 is 0. The van der Waals surface area contributed by atoms with E-state index in [-0.39, 0.29) is 47.7 Å². The molecule has 0 saturated carbocycles.